The van der Waals surface area contributed by atoms with Crippen LogP contribution >= 0.6 is 0 Å². The monoisotopic (exact) mass is 398 g/mol. The number of carbonyl (C=O) groups is 2. The molecule has 166 valence electrons. The van der Waals surface area contributed by atoms with Crippen LogP contribution in [0.25, 0.3) is 0 Å². The number of hydrogen-bond acceptors (Lipinski definition) is 4. The highest BCUT2D eigenvalue weighted by molar-refractivity contribution is 5.73. The fourth-order valence-corrected chi connectivity index (χ4v) is 3.25. The second-order valence-corrected chi connectivity index (χ2v) is 8.20. The summed E-state index contributed by atoms with van der Waals surface area (Å²) in [6.45, 7) is 7.35. The summed E-state index contributed by atoms with van der Waals surface area (Å²) in [7, 11) is 0. The molecular formula is C24H46O4. The van der Waals surface area contributed by atoms with Gasteiger partial charge in [0.2, 0.25) is 0 Å². The van der Waals surface area contributed by atoms with Crippen LogP contribution in [0.4, 0.5) is 0 Å². The summed E-state index contributed by atoms with van der Waals surface area (Å²) in [4.78, 5) is 23.7. The molecule has 0 aliphatic heterocycles. The molecule has 0 unspecified atom stereocenters. The minimum absolute atomic E-state index is 0.0249. The number of hydrogen-bond donors (Lipinski definition) is 0. The van der Waals surface area contributed by atoms with Crippen molar-refractivity contribution in [2.45, 2.75) is 124 Å². The zero-order chi connectivity index (χ0) is 20.9. The van der Waals surface area contributed by atoms with Crippen molar-refractivity contribution in [3.8, 4) is 0 Å². The first-order valence-corrected chi connectivity index (χ1v) is 11.9. The number of rotatable bonds is 20. The van der Waals surface area contributed by atoms with Gasteiger partial charge in [0.15, 0.2) is 0 Å². The zero-order valence-electron chi connectivity index (χ0n) is 18.9. The van der Waals surface area contributed by atoms with Crippen LogP contribution in [-0.2, 0) is 19.1 Å². The quantitative estimate of drug-likeness (QED) is 0.164. The minimum atomic E-state index is -0.196. The van der Waals surface area contributed by atoms with Crippen LogP contribution in [0.1, 0.15) is 124 Å². The lowest BCUT2D eigenvalue weighted by Crippen LogP contribution is -2.15. The predicted molar refractivity (Wildman–Crippen MR) is 116 cm³/mol. The Labute approximate surface area is 174 Å². The summed E-state index contributed by atoms with van der Waals surface area (Å²) in [5, 5.41) is 0. The lowest BCUT2D eigenvalue weighted by atomic mass is 10.0. The molecule has 0 N–H and O–H groups in total. The Morgan fingerprint density at radius 3 is 1.25 bits per heavy atom. The van der Waals surface area contributed by atoms with E-state index in [4.69, 9.17) is 9.47 Å². The van der Waals surface area contributed by atoms with Crippen LogP contribution < -0.4 is 0 Å². The molecule has 0 amide bonds. The van der Waals surface area contributed by atoms with Gasteiger partial charge in [-0.2, -0.15) is 0 Å². The van der Waals surface area contributed by atoms with Crippen LogP contribution in [-0.4, -0.2) is 25.2 Å². The van der Waals surface area contributed by atoms with E-state index in [0.717, 1.165) is 25.7 Å². The van der Waals surface area contributed by atoms with Gasteiger partial charge in [-0.3, -0.25) is 9.59 Å². The van der Waals surface area contributed by atoms with Crippen molar-refractivity contribution in [3.05, 3.63) is 0 Å². The van der Waals surface area contributed by atoms with Crippen molar-refractivity contribution in [2.24, 2.45) is 5.92 Å². The maximum atomic E-state index is 11.8. The van der Waals surface area contributed by atoms with E-state index in [0.29, 0.717) is 26.1 Å². The molecule has 28 heavy (non-hydrogen) atoms. The summed E-state index contributed by atoms with van der Waals surface area (Å²) >= 11 is 0. The molecule has 0 radical (unpaired) electrons. The maximum Gasteiger partial charge on any atom is 0.306 e. The highest BCUT2D eigenvalue weighted by atomic mass is 16.5. The predicted octanol–water partition coefficient (Wildman–Crippen LogP) is 6.99. The molecule has 0 aromatic heterocycles. The van der Waals surface area contributed by atoms with Gasteiger partial charge in [-0.1, -0.05) is 97.8 Å². The van der Waals surface area contributed by atoms with E-state index in [1.807, 2.05) is 6.92 Å². The van der Waals surface area contributed by atoms with Crippen molar-refractivity contribution in [1.82, 2.24) is 0 Å². The zero-order valence-corrected chi connectivity index (χ0v) is 18.9. The normalized spacial score (nSPS) is 11.0. The van der Waals surface area contributed by atoms with Gasteiger partial charge in [0, 0.05) is 12.8 Å². The third-order valence-electron chi connectivity index (χ3n) is 5.05. The number of ether oxygens (including phenoxy) is 2. The Hall–Kier alpha value is -1.06. The lowest BCUT2D eigenvalue weighted by Gasteiger charge is -2.11. The van der Waals surface area contributed by atoms with Gasteiger partial charge in [0.1, 0.15) is 0 Å². The molecule has 0 heterocycles. The van der Waals surface area contributed by atoms with Crippen molar-refractivity contribution in [1.29, 1.82) is 0 Å². The van der Waals surface area contributed by atoms with Crippen LogP contribution in [0.2, 0.25) is 0 Å². The minimum Gasteiger partial charge on any atom is -0.466 e. The first-order chi connectivity index (χ1) is 13.6. The number of unbranched alkanes of at least 4 members (excludes halogenated alkanes) is 12. The summed E-state index contributed by atoms with van der Waals surface area (Å²) < 4.78 is 10.6. The summed E-state index contributed by atoms with van der Waals surface area (Å²) in [5.74, 6) is -0.417. The van der Waals surface area contributed by atoms with Crippen molar-refractivity contribution >= 4 is 11.9 Å². The second-order valence-electron chi connectivity index (χ2n) is 8.20. The van der Waals surface area contributed by atoms with Gasteiger partial charge in [-0.15, -0.1) is 0 Å². The SMILES string of the molecule is CCCCCCCCCOC(=O)CC(C)CC(=O)OCCCCCCCCC. The van der Waals surface area contributed by atoms with E-state index in [-0.39, 0.29) is 17.9 Å². The highest BCUT2D eigenvalue weighted by Crippen LogP contribution is 2.12. The van der Waals surface area contributed by atoms with Crippen LogP contribution in [0.5, 0.6) is 0 Å². The molecule has 0 spiro atoms. The average molecular weight is 399 g/mol. The molecule has 0 rings (SSSR count). The van der Waals surface area contributed by atoms with Crippen LogP contribution in [0, 0.1) is 5.92 Å². The molecule has 0 saturated carbocycles. The molecule has 0 aromatic rings. The van der Waals surface area contributed by atoms with Crippen LogP contribution in [0.3, 0.4) is 0 Å². The molecule has 0 bridgehead atoms. The molecule has 0 aliphatic carbocycles. The smallest absolute Gasteiger partial charge is 0.306 e. The van der Waals surface area contributed by atoms with Gasteiger partial charge >= 0.3 is 11.9 Å². The van der Waals surface area contributed by atoms with Gasteiger partial charge in [0.25, 0.3) is 0 Å². The summed E-state index contributed by atoms with van der Waals surface area (Å²) in [5.41, 5.74) is 0. The second kappa shape index (κ2) is 20.7. The van der Waals surface area contributed by atoms with Gasteiger partial charge in [-0.25, -0.2) is 0 Å². The van der Waals surface area contributed by atoms with Crippen LogP contribution in [0.15, 0.2) is 0 Å². The summed E-state index contributed by atoms with van der Waals surface area (Å²) in [6.07, 6.45) is 17.5. The van der Waals surface area contributed by atoms with E-state index >= 15 is 0 Å². The molecular weight excluding hydrogens is 352 g/mol. The molecule has 0 aromatic carbocycles. The van der Waals surface area contributed by atoms with Crippen molar-refractivity contribution < 1.29 is 19.1 Å². The topological polar surface area (TPSA) is 52.6 Å². The fraction of sp³-hybridized carbons (Fsp3) is 0.917. The molecule has 0 fully saturated rings. The van der Waals surface area contributed by atoms with E-state index in [9.17, 15) is 9.59 Å². The first kappa shape index (κ1) is 26.9. The lowest BCUT2D eigenvalue weighted by molar-refractivity contribution is -0.147. The van der Waals surface area contributed by atoms with E-state index in [1.165, 1.54) is 64.2 Å². The first-order valence-electron chi connectivity index (χ1n) is 11.9. The Morgan fingerprint density at radius 2 is 0.893 bits per heavy atom. The fourth-order valence-electron chi connectivity index (χ4n) is 3.25. The highest BCUT2D eigenvalue weighted by Gasteiger charge is 2.15. The van der Waals surface area contributed by atoms with Gasteiger partial charge < -0.3 is 9.47 Å². The number of carbonyl (C=O) groups excluding carboxylic acids is 2. The Balaban J connectivity index is 3.50. The molecule has 4 heteroatoms. The van der Waals surface area contributed by atoms with E-state index in [1.54, 1.807) is 0 Å². The molecule has 0 atom stereocenters. The van der Waals surface area contributed by atoms with E-state index in [2.05, 4.69) is 13.8 Å². The Morgan fingerprint density at radius 1 is 0.571 bits per heavy atom. The standard InChI is InChI=1S/C24H46O4/c1-4-6-8-10-12-14-16-18-27-23(25)20-22(3)21-24(26)28-19-17-15-13-11-9-7-5-2/h22H,4-21H2,1-3H3. The summed E-state index contributed by atoms with van der Waals surface area (Å²) in [6, 6.07) is 0. The molecule has 0 saturated heterocycles. The molecule has 0 aliphatic rings. The largest absolute Gasteiger partial charge is 0.466 e. The van der Waals surface area contributed by atoms with Crippen molar-refractivity contribution in [3.63, 3.8) is 0 Å². The average Bonchev–Trinajstić information content (AvgIpc) is 2.65. The van der Waals surface area contributed by atoms with Gasteiger partial charge in [-0.05, 0) is 18.8 Å². The number of esters is 2. The Bertz CT molecular complexity index is 334. The maximum absolute atomic E-state index is 11.8. The van der Waals surface area contributed by atoms with Crippen molar-refractivity contribution in [2.75, 3.05) is 13.2 Å². The van der Waals surface area contributed by atoms with E-state index < -0.39 is 0 Å². The third-order valence-corrected chi connectivity index (χ3v) is 5.05. The molecule has 4 nitrogen and oxygen atoms in total. The van der Waals surface area contributed by atoms with Gasteiger partial charge in [0.05, 0.1) is 13.2 Å². The Kier molecular flexibility index (Phi) is 19.9. The third kappa shape index (κ3) is 19.7.